The lowest BCUT2D eigenvalue weighted by Crippen LogP contribution is -2.37. The summed E-state index contributed by atoms with van der Waals surface area (Å²) >= 11 is 7.68. The fourth-order valence-electron chi connectivity index (χ4n) is 1.73. The molecule has 0 amide bonds. The Hall–Kier alpha value is -0.0500. The SMILES string of the molecule is CCNCC(C)(Cc1ccc(Cl)s1)C(C)C. The average molecular weight is 260 g/mol. The van der Waals surface area contributed by atoms with Crippen LogP contribution in [0.1, 0.15) is 32.6 Å². The first-order valence-corrected chi connectivity index (χ1v) is 7.12. The molecular formula is C13H22ClNS. The Kier molecular flexibility index (Phi) is 5.29. The first kappa shape index (κ1) is 14.0. The van der Waals surface area contributed by atoms with Crippen LogP contribution in [0.4, 0.5) is 0 Å². The highest BCUT2D eigenvalue weighted by molar-refractivity contribution is 7.16. The third kappa shape index (κ3) is 3.76. The van der Waals surface area contributed by atoms with Gasteiger partial charge in [0.1, 0.15) is 0 Å². The summed E-state index contributed by atoms with van der Waals surface area (Å²) in [6.45, 7) is 11.2. The minimum atomic E-state index is 0.310. The average Bonchev–Trinajstić information content (AvgIpc) is 2.60. The van der Waals surface area contributed by atoms with Crippen LogP contribution in [0.3, 0.4) is 0 Å². The maximum absolute atomic E-state index is 5.98. The molecule has 1 N–H and O–H groups in total. The van der Waals surface area contributed by atoms with Crippen molar-refractivity contribution in [3.8, 4) is 0 Å². The van der Waals surface area contributed by atoms with Gasteiger partial charge in [-0.2, -0.15) is 0 Å². The Morgan fingerprint density at radius 1 is 1.44 bits per heavy atom. The predicted octanol–water partition coefficient (Wildman–Crippen LogP) is 4.22. The van der Waals surface area contributed by atoms with E-state index >= 15 is 0 Å². The highest BCUT2D eigenvalue weighted by Crippen LogP contribution is 2.34. The number of halogens is 1. The second-order valence-corrected chi connectivity index (χ2v) is 6.77. The van der Waals surface area contributed by atoms with E-state index in [1.165, 1.54) is 4.88 Å². The quantitative estimate of drug-likeness (QED) is 0.807. The smallest absolute Gasteiger partial charge is 0.0931 e. The van der Waals surface area contributed by atoms with Gasteiger partial charge in [-0.3, -0.25) is 0 Å². The lowest BCUT2D eigenvalue weighted by atomic mass is 9.76. The molecule has 0 aliphatic heterocycles. The molecular weight excluding hydrogens is 238 g/mol. The van der Waals surface area contributed by atoms with Gasteiger partial charge in [0.05, 0.1) is 4.34 Å². The Bertz CT molecular complexity index is 321. The predicted molar refractivity (Wildman–Crippen MR) is 74.5 cm³/mol. The van der Waals surface area contributed by atoms with Crippen molar-refractivity contribution in [2.24, 2.45) is 11.3 Å². The Balaban J connectivity index is 2.70. The summed E-state index contributed by atoms with van der Waals surface area (Å²) in [5.74, 6) is 0.660. The molecule has 16 heavy (non-hydrogen) atoms. The van der Waals surface area contributed by atoms with Crippen molar-refractivity contribution in [2.45, 2.75) is 34.1 Å². The third-order valence-electron chi connectivity index (χ3n) is 3.38. The first-order valence-electron chi connectivity index (χ1n) is 5.93. The number of hydrogen-bond acceptors (Lipinski definition) is 2. The fraction of sp³-hybridized carbons (Fsp3) is 0.692. The van der Waals surface area contributed by atoms with Crippen LogP contribution in [0, 0.1) is 11.3 Å². The van der Waals surface area contributed by atoms with E-state index in [1.807, 2.05) is 6.07 Å². The molecule has 0 aromatic carbocycles. The van der Waals surface area contributed by atoms with Gasteiger partial charge in [-0.1, -0.05) is 39.3 Å². The molecule has 1 unspecified atom stereocenters. The monoisotopic (exact) mass is 259 g/mol. The van der Waals surface area contributed by atoms with E-state index in [-0.39, 0.29) is 0 Å². The van der Waals surface area contributed by atoms with Crippen LogP contribution in [0.15, 0.2) is 12.1 Å². The van der Waals surface area contributed by atoms with Crippen molar-refractivity contribution in [3.05, 3.63) is 21.3 Å². The highest BCUT2D eigenvalue weighted by Gasteiger charge is 2.28. The lowest BCUT2D eigenvalue weighted by molar-refractivity contribution is 0.210. The summed E-state index contributed by atoms with van der Waals surface area (Å²) in [5, 5.41) is 3.47. The molecule has 1 atom stereocenters. The van der Waals surface area contributed by atoms with E-state index in [0.29, 0.717) is 11.3 Å². The molecule has 1 nitrogen and oxygen atoms in total. The molecule has 0 radical (unpaired) electrons. The molecule has 3 heteroatoms. The molecule has 0 aliphatic rings. The van der Waals surface area contributed by atoms with Gasteiger partial charge in [0.25, 0.3) is 0 Å². The largest absolute Gasteiger partial charge is 0.316 e. The van der Waals surface area contributed by atoms with Gasteiger partial charge < -0.3 is 5.32 Å². The zero-order valence-electron chi connectivity index (χ0n) is 10.6. The number of hydrogen-bond donors (Lipinski definition) is 1. The molecule has 0 bridgehead atoms. The molecule has 1 aromatic heterocycles. The van der Waals surface area contributed by atoms with E-state index < -0.39 is 0 Å². The summed E-state index contributed by atoms with van der Waals surface area (Å²) in [5.41, 5.74) is 0.310. The van der Waals surface area contributed by atoms with Crippen LogP contribution in [-0.2, 0) is 6.42 Å². The van der Waals surface area contributed by atoms with Gasteiger partial charge in [-0.05, 0) is 36.4 Å². The molecule has 92 valence electrons. The van der Waals surface area contributed by atoms with E-state index in [4.69, 9.17) is 11.6 Å². The van der Waals surface area contributed by atoms with Crippen LogP contribution in [0.5, 0.6) is 0 Å². The van der Waals surface area contributed by atoms with Gasteiger partial charge in [0.2, 0.25) is 0 Å². The van der Waals surface area contributed by atoms with E-state index in [0.717, 1.165) is 23.8 Å². The van der Waals surface area contributed by atoms with E-state index in [1.54, 1.807) is 11.3 Å². The van der Waals surface area contributed by atoms with Crippen molar-refractivity contribution >= 4 is 22.9 Å². The second-order valence-electron chi connectivity index (χ2n) is 4.97. The maximum atomic E-state index is 5.98. The van der Waals surface area contributed by atoms with Crippen LogP contribution in [0.2, 0.25) is 4.34 Å². The van der Waals surface area contributed by atoms with Crippen molar-refractivity contribution in [1.29, 1.82) is 0 Å². The number of nitrogens with one attached hydrogen (secondary N) is 1. The van der Waals surface area contributed by atoms with Crippen LogP contribution in [0.25, 0.3) is 0 Å². The number of thiophene rings is 1. The summed E-state index contributed by atoms with van der Waals surface area (Å²) in [4.78, 5) is 1.39. The molecule has 0 spiro atoms. The van der Waals surface area contributed by atoms with Gasteiger partial charge >= 0.3 is 0 Å². The van der Waals surface area contributed by atoms with Crippen molar-refractivity contribution in [3.63, 3.8) is 0 Å². The zero-order valence-corrected chi connectivity index (χ0v) is 12.2. The molecule has 0 fully saturated rings. The van der Waals surface area contributed by atoms with Crippen molar-refractivity contribution in [1.82, 2.24) is 5.32 Å². The Morgan fingerprint density at radius 3 is 2.56 bits per heavy atom. The van der Waals surface area contributed by atoms with Gasteiger partial charge in [0.15, 0.2) is 0 Å². The van der Waals surface area contributed by atoms with Crippen LogP contribution < -0.4 is 5.32 Å². The van der Waals surface area contributed by atoms with Crippen molar-refractivity contribution < 1.29 is 0 Å². The van der Waals surface area contributed by atoms with Gasteiger partial charge in [-0.25, -0.2) is 0 Å². The standard InChI is InChI=1S/C13H22ClNS/c1-5-15-9-13(4,10(2)3)8-11-6-7-12(14)16-11/h6-7,10,15H,5,8-9H2,1-4H3. The minimum absolute atomic E-state index is 0.310. The summed E-state index contributed by atoms with van der Waals surface area (Å²) in [6.07, 6.45) is 1.11. The molecule has 1 rings (SSSR count). The van der Waals surface area contributed by atoms with Crippen molar-refractivity contribution in [2.75, 3.05) is 13.1 Å². The minimum Gasteiger partial charge on any atom is -0.316 e. The van der Waals surface area contributed by atoms with E-state index in [9.17, 15) is 0 Å². The Labute approximate surface area is 108 Å². The fourth-order valence-corrected chi connectivity index (χ4v) is 3.01. The molecule has 1 heterocycles. The van der Waals surface area contributed by atoms with Gasteiger partial charge in [0, 0.05) is 11.4 Å². The molecule has 0 aliphatic carbocycles. The topological polar surface area (TPSA) is 12.0 Å². The second kappa shape index (κ2) is 6.04. The Morgan fingerprint density at radius 2 is 2.12 bits per heavy atom. The maximum Gasteiger partial charge on any atom is 0.0931 e. The molecule has 1 aromatic rings. The number of rotatable bonds is 6. The first-order chi connectivity index (χ1) is 7.48. The zero-order chi connectivity index (χ0) is 12.2. The third-order valence-corrected chi connectivity index (χ3v) is 4.61. The van der Waals surface area contributed by atoms with E-state index in [2.05, 4.69) is 39.1 Å². The summed E-state index contributed by atoms with van der Waals surface area (Å²) in [7, 11) is 0. The molecule has 0 saturated carbocycles. The lowest BCUT2D eigenvalue weighted by Gasteiger charge is -2.33. The molecule has 0 saturated heterocycles. The summed E-state index contributed by atoms with van der Waals surface area (Å²) in [6, 6.07) is 4.15. The summed E-state index contributed by atoms with van der Waals surface area (Å²) < 4.78 is 0.893. The van der Waals surface area contributed by atoms with Gasteiger partial charge in [-0.15, -0.1) is 11.3 Å². The van der Waals surface area contributed by atoms with Crippen LogP contribution in [-0.4, -0.2) is 13.1 Å². The normalized spacial score (nSPS) is 15.4. The highest BCUT2D eigenvalue weighted by atomic mass is 35.5. The van der Waals surface area contributed by atoms with Crippen LogP contribution >= 0.6 is 22.9 Å².